The predicted molar refractivity (Wildman–Crippen MR) is 110 cm³/mol. The molecule has 2 rings (SSSR count). The first kappa shape index (κ1) is 20.3. The van der Waals surface area contributed by atoms with E-state index >= 15 is 0 Å². The number of aryl methyl sites for hydroxylation is 2. The van der Waals surface area contributed by atoms with Crippen molar-refractivity contribution in [2.24, 2.45) is 12.0 Å². The third-order valence-electron chi connectivity index (χ3n) is 3.92. The highest BCUT2D eigenvalue weighted by molar-refractivity contribution is 14.0. The van der Waals surface area contributed by atoms with Gasteiger partial charge in [-0.15, -0.1) is 24.0 Å². The molecule has 2 aromatic rings. The number of hydrogen-bond donors (Lipinski definition) is 2. The number of nitrogens with one attached hydrogen (secondary N) is 2. The molecule has 1 heterocycles. The highest BCUT2D eigenvalue weighted by Crippen LogP contribution is 2.25. The number of nitrogens with zero attached hydrogens (tertiary/aromatic N) is 2. The minimum absolute atomic E-state index is 0. The zero-order valence-corrected chi connectivity index (χ0v) is 17.3. The average molecular weight is 442 g/mol. The number of methoxy groups -OCH3 is 1. The second kappa shape index (κ2) is 9.56. The lowest BCUT2D eigenvalue weighted by atomic mass is 10.0. The summed E-state index contributed by atoms with van der Waals surface area (Å²) in [4.78, 5) is 4.30. The maximum absolute atomic E-state index is 5.47. The number of benzene rings is 1. The Hall–Kier alpha value is -1.70. The minimum atomic E-state index is 0. The summed E-state index contributed by atoms with van der Waals surface area (Å²) >= 11 is 0. The Kier molecular flexibility index (Phi) is 8.10. The summed E-state index contributed by atoms with van der Waals surface area (Å²) in [5, 5.41) is 6.76. The Balaban J connectivity index is 0.00000288. The number of guanidine groups is 1. The first-order valence-electron chi connectivity index (χ1n) is 7.77. The smallest absolute Gasteiger partial charge is 0.191 e. The molecule has 1 aromatic carbocycles. The van der Waals surface area contributed by atoms with Gasteiger partial charge in [0.1, 0.15) is 5.75 Å². The van der Waals surface area contributed by atoms with E-state index in [1.54, 1.807) is 14.2 Å². The van der Waals surface area contributed by atoms with E-state index in [9.17, 15) is 0 Å². The standard InChI is InChI=1S/C18H26N4O.HI/c1-13-8-9-17(23-5)16(11-13)14(2)21-18(19-3)20-12-15-7-6-10-22(15)4;/h6-11,14H,12H2,1-5H3,(H2,19,20,21);1H. The van der Waals surface area contributed by atoms with Crippen LogP contribution in [0.25, 0.3) is 0 Å². The maximum atomic E-state index is 5.47. The van der Waals surface area contributed by atoms with Crippen LogP contribution in [-0.2, 0) is 13.6 Å². The largest absolute Gasteiger partial charge is 0.496 e. The monoisotopic (exact) mass is 442 g/mol. The fourth-order valence-corrected chi connectivity index (χ4v) is 2.52. The van der Waals surface area contributed by atoms with E-state index in [1.807, 2.05) is 25.4 Å². The van der Waals surface area contributed by atoms with Crippen LogP contribution in [-0.4, -0.2) is 24.7 Å². The van der Waals surface area contributed by atoms with E-state index < -0.39 is 0 Å². The van der Waals surface area contributed by atoms with Gasteiger partial charge in [-0.05, 0) is 32.0 Å². The molecule has 1 aromatic heterocycles. The molecular formula is C18H27IN4O. The van der Waals surface area contributed by atoms with Crippen LogP contribution in [0.5, 0.6) is 5.75 Å². The molecule has 0 spiro atoms. The minimum Gasteiger partial charge on any atom is -0.496 e. The molecule has 0 aliphatic heterocycles. The van der Waals surface area contributed by atoms with Crippen molar-refractivity contribution in [3.8, 4) is 5.75 Å². The molecule has 0 bridgehead atoms. The quantitative estimate of drug-likeness (QED) is 0.424. The third-order valence-corrected chi connectivity index (χ3v) is 3.92. The maximum Gasteiger partial charge on any atom is 0.191 e. The van der Waals surface area contributed by atoms with Crippen LogP contribution in [0.1, 0.15) is 29.8 Å². The van der Waals surface area contributed by atoms with Gasteiger partial charge in [-0.25, -0.2) is 0 Å². The summed E-state index contributed by atoms with van der Waals surface area (Å²) in [7, 11) is 5.51. The van der Waals surface area contributed by atoms with Gasteiger partial charge in [0.2, 0.25) is 0 Å². The van der Waals surface area contributed by atoms with Crippen molar-refractivity contribution >= 4 is 29.9 Å². The second-order valence-electron chi connectivity index (χ2n) is 5.65. The van der Waals surface area contributed by atoms with Gasteiger partial charge in [0, 0.05) is 31.5 Å². The molecule has 0 radical (unpaired) electrons. The molecule has 0 aliphatic rings. The van der Waals surface area contributed by atoms with Gasteiger partial charge in [-0.1, -0.05) is 17.7 Å². The summed E-state index contributed by atoms with van der Waals surface area (Å²) in [5.74, 6) is 1.65. The molecular weight excluding hydrogens is 415 g/mol. The molecule has 0 amide bonds. The van der Waals surface area contributed by atoms with Crippen LogP contribution >= 0.6 is 24.0 Å². The van der Waals surface area contributed by atoms with Crippen molar-refractivity contribution in [2.75, 3.05) is 14.2 Å². The van der Waals surface area contributed by atoms with Crippen LogP contribution in [0.2, 0.25) is 0 Å². The summed E-state index contributed by atoms with van der Waals surface area (Å²) in [5.41, 5.74) is 3.53. The Labute approximate surface area is 161 Å². The molecule has 0 aliphatic carbocycles. The number of halogens is 1. The van der Waals surface area contributed by atoms with Gasteiger partial charge >= 0.3 is 0 Å². The molecule has 0 saturated carbocycles. The fraction of sp³-hybridized carbons (Fsp3) is 0.389. The summed E-state index contributed by atoms with van der Waals surface area (Å²) in [6, 6.07) is 10.4. The molecule has 1 atom stereocenters. The van der Waals surface area contributed by atoms with E-state index in [1.165, 1.54) is 11.3 Å². The lowest BCUT2D eigenvalue weighted by Gasteiger charge is -2.20. The zero-order valence-electron chi connectivity index (χ0n) is 15.0. The SMILES string of the molecule is CN=C(NCc1cccn1C)NC(C)c1cc(C)ccc1OC.I. The van der Waals surface area contributed by atoms with Gasteiger partial charge in [0.05, 0.1) is 19.7 Å². The summed E-state index contributed by atoms with van der Waals surface area (Å²) in [6.07, 6.45) is 2.04. The van der Waals surface area contributed by atoms with E-state index in [0.717, 1.165) is 23.8 Å². The van der Waals surface area contributed by atoms with Crippen molar-refractivity contribution in [1.82, 2.24) is 15.2 Å². The lowest BCUT2D eigenvalue weighted by molar-refractivity contribution is 0.405. The summed E-state index contributed by atoms with van der Waals surface area (Å²) in [6.45, 7) is 4.91. The number of hydrogen-bond acceptors (Lipinski definition) is 2. The van der Waals surface area contributed by atoms with E-state index in [2.05, 4.69) is 52.2 Å². The molecule has 0 saturated heterocycles. The van der Waals surface area contributed by atoms with Crippen molar-refractivity contribution in [3.63, 3.8) is 0 Å². The van der Waals surface area contributed by atoms with Crippen LogP contribution < -0.4 is 15.4 Å². The number of aliphatic imine (C=N–C) groups is 1. The molecule has 2 N–H and O–H groups in total. The number of ether oxygens (including phenoxy) is 1. The van der Waals surface area contributed by atoms with Crippen LogP contribution in [0.3, 0.4) is 0 Å². The first-order valence-corrected chi connectivity index (χ1v) is 7.77. The highest BCUT2D eigenvalue weighted by atomic mass is 127. The van der Waals surface area contributed by atoms with Crippen molar-refractivity contribution in [1.29, 1.82) is 0 Å². The first-order chi connectivity index (χ1) is 11.0. The third kappa shape index (κ3) is 5.15. The van der Waals surface area contributed by atoms with Crippen LogP contribution in [0, 0.1) is 6.92 Å². The molecule has 0 fully saturated rings. The Morgan fingerprint density at radius 1 is 1.33 bits per heavy atom. The fourth-order valence-electron chi connectivity index (χ4n) is 2.52. The second-order valence-corrected chi connectivity index (χ2v) is 5.65. The lowest BCUT2D eigenvalue weighted by Crippen LogP contribution is -2.38. The summed E-state index contributed by atoms with van der Waals surface area (Å²) < 4.78 is 7.56. The van der Waals surface area contributed by atoms with Crippen molar-refractivity contribution in [3.05, 3.63) is 53.3 Å². The van der Waals surface area contributed by atoms with Gasteiger partial charge in [-0.3, -0.25) is 4.99 Å². The van der Waals surface area contributed by atoms with Crippen LogP contribution in [0.4, 0.5) is 0 Å². The van der Waals surface area contributed by atoms with Crippen LogP contribution in [0.15, 0.2) is 41.5 Å². The van der Waals surface area contributed by atoms with E-state index in [-0.39, 0.29) is 30.0 Å². The number of rotatable bonds is 5. The molecule has 5 nitrogen and oxygen atoms in total. The predicted octanol–water partition coefficient (Wildman–Crippen LogP) is 3.39. The molecule has 1 unspecified atom stereocenters. The van der Waals surface area contributed by atoms with Gasteiger partial charge < -0.3 is 19.9 Å². The van der Waals surface area contributed by atoms with E-state index in [4.69, 9.17) is 4.74 Å². The highest BCUT2D eigenvalue weighted by Gasteiger charge is 2.13. The Morgan fingerprint density at radius 2 is 2.08 bits per heavy atom. The van der Waals surface area contributed by atoms with Gasteiger partial charge in [0.15, 0.2) is 5.96 Å². The Bertz CT molecular complexity index is 681. The van der Waals surface area contributed by atoms with Crippen molar-refractivity contribution in [2.45, 2.75) is 26.4 Å². The molecule has 24 heavy (non-hydrogen) atoms. The number of aromatic nitrogens is 1. The Morgan fingerprint density at radius 3 is 2.67 bits per heavy atom. The topological polar surface area (TPSA) is 50.6 Å². The molecule has 6 heteroatoms. The molecule has 132 valence electrons. The van der Waals surface area contributed by atoms with E-state index in [0.29, 0.717) is 0 Å². The van der Waals surface area contributed by atoms with Crippen molar-refractivity contribution < 1.29 is 4.74 Å². The normalized spacial score (nSPS) is 12.3. The zero-order chi connectivity index (χ0) is 16.8. The van der Waals surface area contributed by atoms with Gasteiger partial charge in [0.25, 0.3) is 0 Å². The average Bonchev–Trinajstić information content (AvgIpc) is 2.96. The van der Waals surface area contributed by atoms with Gasteiger partial charge in [-0.2, -0.15) is 0 Å².